The molecule has 0 saturated carbocycles. The van der Waals surface area contributed by atoms with Crippen LogP contribution in [0.1, 0.15) is 26.2 Å². The molecule has 70 valence electrons. The molecule has 0 radical (unpaired) electrons. The van der Waals surface area contributed by atoms with E-state index in [1.807, 2.05) is 6.92 Å². The van der Waals surface area contributed by atoms with Gasteiger partial charge in [0.1, 0.15) is 6.04 Å². The lowest BCUT2D eigenvalue weighted by Gasteiger charge is -2.15. The van der Waals surface area contributed by atoms with Gasteiger partial charge in [0, 0.05) is 6.54 Å². The molecule has 0 bridgehead atoms. The van der Waals surface area contributed by atoms with Crippen LogP contribution in [-0.4, -0.2) is 35.4 Å². The molecule has 1 rings (SSSR count). The molecule has 1 saturated heterocycles. The van der Waals surface area contributed by atoms with E-state index < -0.39 is 6.04 Å². The zero-order chi connectivity index (χ0) is 8.97. The van der Waals surface area contributed by atoms with Crippen LogP contribution in [0.25, 0.3) is 0 Å². The predicted octanol–water partition coefficient (Wildman–Crippen LogP) is 0.793. The second-order valence-electron chi connectivity index (χ2n) is 2.99. The molecule has 0 aromatic rings. The van der Waals surface area contributed by atoms with Crippen LogP contribution in [-0.2, 0) is 9.53 Å². The summed E-state index contributed by atoms with van der Waals surface area (Å²) in [6.45, 7) is 2.97. The highest BCUT2D eigenvalue weighted by Crippen LogP contribution is 2.15. The van der Waals surface area contributed by atoms with Crippen molar-refractivity contribution >= 4 is 5.97 Å². The van der Waals surface area contributed by atoms with Crippen LogP contribution in [0.4, 0.5) is 0 Å². The zero-order valence-electron chi connectivity index (χ0n) is 7.32. The smallest absolute Gasteiger partial charge is 0.325 e. The molecule has 4 nitrogen and oxygen atoms in total. The Hall–Kier alpha value is -0.610. The Morgan fingerprint density at radius 1 is 1.75 bits per heavy atom. The molecule has 1 fully saturated rings. The van der Waals surface area contributed by atoms with Crippen molar-refractivity contribution in [3.63, 3.8) is 0 Å². The lowest BCUT2D eigenvalue weighted by molar-refractivity contribution is -0.167. The molecule has 0 aromatic heterocycles. The van der Waals surface area contributed by atoms with E-state index >= 15 is 0 Å². The molecule has 0 unspecified atom stereocenters. The fraction of sp³-hybridized carbons (Fsp3) is 0.875. The average Bonchev–Trinajstić information content (AvgIpc) is 2.47. The summed E-state index contributed by atoms with van der Waals surface area (Å²) in [5.41, 5.74) is 0. The van der Waals surface area contributed by atoms with Crippen LogP contribution < -0.4 is 0 Å². The van der Waals surface area contributed by atoms with Crippen molar-refractivity contribution in [2.24, 2.45) is 0 Å². The number of hydrogen-bond donors (Lipinski definition) is 1. The van der Waals surface area contributed by atoms with Gasteiger partial charge in [0.05, 0.1) is 6.61 Å². The Kier molecular flexibility index (Phi) is 3.49. The summed E-state index contributed by atoms with van der Waals surface area (Å²) in [5.74, 6) is -0.295. The van der Waals surface area contributed by atoms with Crippen LogP contribution in [0.3, 0.4) is 0 Å². The van der Waals surface area contributed by atoms with Gasteiger partial charge in [-0.25, -0.2) is 0 Å². The second-order valence-corrected chi connectivity index (χ2v) is 2.99. The third-order valence-corrected chi connectivity index (χ3v) is 1.95. The minimum Gasteiger partial charge on any atom is -0.464 e. The van der Waals surface area contributed by atoms with Crippen LogP contribution in [0, 0.1) is 0 Å². The molecule has 4 heteroatoms. The average molecular weight is 173 g/mol. The Morgan fingerprint density at radius 2 is 2.50 bits per heavy atom. The van der Waals surface area contributed by atoms with E-state index in [1.54, 1.807) is 0 Å². The van der Waals surface area contributed by atoms with Crippen molar-refractivity contribution in [3.8, 4) is 0 Å². The molecule has 12 heavy (non-hydrogen) atoms. The van der Waals surface area contributed by atoms with Gasteiger partial charge in [0.2, 0.25) is 0 Å². The van der Waals surface area contributed by atoms with E-state index in [-0.39, 0.29) is 5.97 Å². The molecule has 0 spiro atoms. The highest BCUT2D eigenvalue weighted by atomic mass is 16.6. The van der Waals surface area contributed by atoms with Gasteiger partial charge in [-0.05, 0) is 19.3 Å². The molecule has 1 heterocycles. The lowest BCUT2D eigenvalue weighted by Crippen LogP contribution is -2.34. The standard InChI is InChI=1S/C8H15NO3/c1-2-6-12-8(10)7-4-3-5-9(7)11/h7,11H,2-6H2,1H3/t7-/m0/s1. The minimum absolute atomic E-state index is 0.295. The fourth-order valence-electron chi connectivity index (χ4n) is 1.29. The van der Waals surface area contributed by atoms with E-state index in [0.717, 1.165) is 17.9 Å². The first-order chi connectivity index (χ1) is 5.75. The number of esters is 1. The summed E-state index contributed by atoms with van der Waals surface area (Å²) in [6.07, 6.45) is 2.39. The Labute approximate surface area is 72.1 Å². The van der Waals surface area contributed by atoms with E-state index in [0.29, 0.717) is 19.6 Å². The predicted molar refractivity (Wildman–Crippen MR) is 42.8 cm³/mol. The fourth-order valence-corrected chi connectivity index (χ4v) is 1.29. The summed E-state index contributed by atoms with van der Waals surface area (Å²) in [6, 6.07) is -0.420. The van der Waals surface area contributed by atoms with Gasteiger partial charge in [0.15, 0.2) is 0 Å². The van der Waals surface area contributed by atoms with Gasteiger partial charge in [0.25, 0.3) is 0 Å². The monoisotopic (exact) mass is 173 g/mol. The number of carbonyl (C=O) groups excluding carboxylic acids is 1. The third kappa shape index (κ3) is 2.19. The largest absolute Gasteiger partial charge is 0.464 e. The first kappa shape index (κ1) is 9.48. The van der Waals surface area contributed by atoms with Gasteiger partial charge >= 0.3 is 5.97 Å². The summed E-state index contributed by atoms with van der Waals surface area (Å²) >= 11 is 0. The van der Waals surface area contributed by atoms with Crippen LogP contribution in [0.15, 0.2) is 0 Å². The molecular formula is C8H15NO3. The Balaban J connectivity index is 2.30. The van der Waals surface area contributed by atoms with Crippen LogP contribution >= 0.6 is 0 Å². The number of nitrogens with zero attached hydrogens (tertiary/aromatic N) is 1. The van der Waals surface area contributed by atoms with Crippen LogP contribution in [0.2, 0.25) is 0 Å². The second kappa shape index (κ2) is 4.42. The molecule has 1 aliphatic rings. The number of hydroxylamine groups is 2. The molecular weight excluding hydrogens is 158 g/mol. The summed E-state index contributed by atoms with van der Waals surface area (Å²) < 4.78 is 4.90. The minimum atomic E-state index is -0.420. The highest BCUT2D eigenvalue weighted by molar-refractivity contribution is 5.75. The van der Waals surface area contributed by atoms with Gasteiger partial charge < -0.3 is 9.94 Å². The molecule has 1 aliphatic heterocycles. The Morgan fingerprint density at radius 3 is 3.00 bits per heavy atom. The van der Waals surface area contributed by atoms with E-state index in [4.69, 9.17) is 4.74 Å². The van der Waals surface area contributed by atoms with Gasteiger partial charge in [-0.15, -0.1) is 0 Å². The Bertz CT molecular complexity index is 160. The van der Waals surface area contributed by atoms with Crippen molar-refractivity contribution in [2.45, 2.75) is 32.2 Å². The topological polar surface area (TPSA) is 49.8 Å². The summed E-state index contributed by atoms with van der Waals surface area (Å²) in [4.78, 5) is 11.2. The van der Waals surface area contributed by atoms with Crippen molar-refractivity contribution in [3.05, 3.63) is 0 Å². The highest BCUT2D eigenvalue weighted by Gasteiger charge is 2.30. The maximum Gasteiger partial charge on any atom is 0.325 e. The van der Waals surface area contributed by atoms with Gasteiger partial charge in [-0.3, -0.25) is 4.79 Å². The number of rotatable bonds is 3. The van der Waals surface area contributed by atoms with Crippen molar-refractivity contribution in [1.29, 1.82) is 0 Å². The first-order valence-electron chi connectivity index (χ1n) is 4.38. The maximum atomic E-state index is 11.2. The number of ether oxygens (including phenoxy) is 1. The maximum absolute atomic E-state index is 11.2. The van der Waals surface area contributed by atoms with E-state index in [2.05, 4.69) is 0 Å². The van der Waals surface area contributed by atoms with Gasteiger partial charge in [-0.2, -0.15) is 5.06 Å². The molecule has 0 aromatic carbocycles. The van der Waals surface area contributed by atoms with E-state index in [9.17, 15) is 10.0 Å². The quantitative estimate of drug-likeness (QED) is 0.641. The zero-order valence-corrected chi connectivity index (χ0v) is 7.32. The summed E-state index contributed by atoms with van der Waals surface area (Å²) in [5, 5.41) is 10.3. The molecule has 1 atom stereocenters. The van der Waals surface area contributed by atoms with Crippen molar-refractivity contribution < 1.29 is 14.7 Å². The number of hydrogen-bond acceptors (Lipinski definition) is 4. The molecule has 0 amide bonds. The summed E-state index contributed by atoms with van der Waals surface area (Å²) in [7, 11) is 0. The van der Waals surface area contributed by atoms with E-state index in [1.165, 1.54) is 0 Å². The van der Waals surface area contributed by atoms with Gasteiger partial charge in [-0.1, -0.05) is 6.92 Å². The lowest BCUT2D eigenvalue weighted by atomic mass is 10.2. The van der Waals surface area contributed by atoms with Crippen LogP contribution in [0.5, 0.6) is 0 Å². The van der Waals surface area contributed by atoms with Crippen molar-refractivity contribution in [2.75, 3.05) is 13.2 Å². The first-order valence-corrected chi connectivity index (χ1v) is 4.38. The number of carbonyl (C=O) groups is 1. The van der Waals surface area contributed by atoms with Crippen molar-refractivity contribution in [1.82, 2.24) is 5.06 Å². The SMILES string of the molecule is CCCOC(=O)[C@@H]1CCCN1O. The third-order valence-electron chi connectivity index (χ3n) is 1.95. The molecule has 1 N–H and O–H groups in total. The molecule has 0 aliphatic carbocycles. The normalized spacial score (nSPS) is 24.3.